The van der Waals surface area contributed by atoms with Gasteiger partial charge in [0.1, 0.15) is 11.7 Å². The number of piperidine rings is 1. The first kappa shape index (κ1) is 18.4. The number of rotatable bonds is 5. The number of likely N-dealkylation sites (tertiary alicyclic amines) is 1. The van der Waals surface area contributed by atoms with Crippen molar-refractivity contribution in [2.24, 2.45) is 0 Å². The summed E-state index contributed by atoms with van der Waals surface area (Å²) in [7, 11) is 5.90. The minimum absolute atomic E-state index is 0.0917. The SMILES string of the molecule is COc1ccc([N+](=O)[O-])cc1[N+](C)(c1ccccc1)C1CCN(C)CC1. The minimum atomic E-state index is -0.340. The maximum atomic E-state index is 11.4. The van der Waals surface area contributed by atoms with Gasteiger partial charge in [0.25, 0.3) is 5.69 Å². The quantitative estimate of drug-likeness (QED) is 0.462. The van der Waals surface area contributed by atoms with Crippen LogP contribution in [0.15, 0.2) is 48.5 Å². The van der Waals surface area contributed by atoms with Gasteiger partial charge >= 0.3 is 0 Å². The van der Waals surface area contributed by atoms with E-state index < -0.39 is 0 Å². The van der Waals surface area contributed by atoms with Crippen LogP contribution in [0.25, 0.3) is 0 Å². The van der Waals surface area contributed by atoms with Crippen molar-refractivity contribution in [3.05, 3.63) is 58.6 Å². The maximum Gasteiger partial charge on any atom is 0.275 e. The standard InChI is InChI=1S/C20H26N3O3/c1-21-13-11-18(12-14-21)23(2,17-7-5-4-6-8-17)19-15-16(22(24)25)9-10-20(19)26-3/h4-10,15,18H,11-14H2,1-3H3/q+1. The number of quaternary nitrogens is 1. The highest BCUT2D eigenvalue weighted by Crippen LogP contribution is 2.45. The predicted octanol–water partition coefficient (Wildman–Crippen LogP) is 3.97. The van der Waals surface area contributed by atoms with Crippen LogP contribution in [0.2, 0.25) is 0 Å². The number of ether oxygens (including phenoxy) is 1. The lowest BCUT2D eigenvalue weighted by atomic mass is 9.98. The van der Waals surface area contributed by atoms with E-state index in [-0.39, 0.29) is 10.6 Å². The molecule has 3 rings (SSSR count). The van der Waals surface area contributed by atoms with Crippen LogP contribution in [-0.4, -0.2) is 50.2 Å². The van der Waals surface area contributed by atoms with Gasteiger partial charge in [-0.2, -0.15) is 0 Å². The Bertz CT molecular complexity index is 773. The van der Waals surface area contributed by atoms with Gasteiger partial charge in [0, 0.05) is 32.0 Å². The second-order valence-corrected chi connectivity index (χ2v) is 7.06. The van der Waals surface area contributed by atoms with Gasteiger partial charge in [0.15, 0.2) is 11.4 Å². The fourth-order valence-electron chi connectivity index (χ4n) is 3.95. The second-order valence-electron chi connectivity index (χ2n) is 7.06. The number of nitro benzene ring substituents is 1. The molecule has 2 aromatic rings. The monoisotopic (exact) mass is 356 g/mol. The molecular weight excluding hydrogens is 330 g/mol. The number of non-ortho nitro benzene ring substituents is 1. The van der Waals surface area contributed by atoms with Crippen LogP contribution < -0.4 is 9.22 Å². The van der Waals surface area contributed by atoms with Gasteiger partial charge in [0.2, 0.25) is 0 Å². The molecule has 0 N–H and O–H groups in total. The third-order valence-corrected chi connectivity index (χ3v) is 5.58. The summed E-state index contributed by atoms with van der Waals surface area (Å²) >= 11 is 0. The molecule has 0 saturated carbocycles. The minimum Gasteiger partial charge on any atom is -0.491 e. The molecule has 1 unspecified atom stereocenters. The van der Waals surface area contributed by atoms with Gasteiger partial charge in [0.05, 0.1) is 25.1 Å². The van der Waals surface area contributed by atoms with Gasteiger partial charge in [-0.1, -0.05) is 18.2 Å². The first-order valence-corrected chi connectivity index (χ1v) is 8.90. The fraction of sp³-hybridized carbons (Fsp3) is 0.400. The highest BCUT2D eigenvalue weighted by Gasteiger charge is 2.41. The zero-order valence-electron chi connectivity index (χ0n) is 15.6. The summed E-state index contributed by atoms with van der Waals surface area (Å²) in [5.41, 5.74) is 2.04. The van der Waals surface area contributed by atoms with Crippen molar-refractivity contribution in [2.75, 3.05) is 34.3 Å². The van der Waals surface area contributed by atoms with E-state index in [0.717, 1.165) is 37.3 Å². The van der Waals surface area contributed by atoms with E-state index in [4.69, 9.17) is 4.74 Å². The molecule has 0 radical (unpaired) electrons. The molecule has 6 nitrogen and oxygen atoms in total. The van der Waals surface area contributed by atoms with Crippen molar-refractivity contribution in [2.45, 2.75) is 18.9 Å². The molecule has 0 amide bonds. The van der Waals surface area contributed by atoms with Crippen LogP contribution >= 0.6 is 0 Å². The molecule has 1 aliphatic heterocycles. The van der Waals surface area contributed by atoms with Crippen LogP contribution in [0.3, 0.4) is 0 Å². The van der Waals surface area contributed by atoms with Crippen molar-refractivity contribution in [3.8, 4) is 5.75 Å². The van der Waals surface area contributed by atoms with Crippen LogP contribution in [0.1, 0.15) is 12.8 Å². The lowest BCUT2D eigenvalue weighted by molar-refractivity contribution is -0.384. The van der Waals surface area contributed by atoms with Crippen molar-refractivity contribution in [1.29, 1.82) is 0 Å². The van der Waals surface area contributed by atoms with Crippen molar-refractivity contribution in [3.63, 3.8) is 0 Å². The molecule has 0 aromatic heterocycles. The zero-order chi connectivity index (χ0) is 18.7. The average molecular weight is 356 g/mol. The molecule has 26 heavy (non-hydrogen) atoms. The van der Waals surface area contributed by atoms with Gasteiger partial charge in [-0.15, -0.1) is 0 Å². The Morgan fingerprint density at radius 2 is 1.81 bits per heavy atom. The summed E-state index contributed by atoms with van der Waals surface area (Å²) in [6.07, 6.45) is 2.04. The highest BCUT2D eigenvalue weighted by molar-refractivity contribution is 5.68. The Morgan fingerprint density at radius 3 is 2.38 bits per heavy atom. The Labute approximate surface area is 154 Å². The first-order chi connectivity index (χ1) is 12.5. The zero-order valence-corrected chi connectivity index (χ0v) is 15.6. The molecule has 0 aliphatic carbocycles. The lowest BCUT2D eigenvalue weighted by Crippen LogP contribution is -2.53. The average Bonchev–Trinajstić information content (AvgIpc) is 2.68. The molecule has 138 valence electrons. The molecule has 1 atom stereocenters. The topological polar surface area (TPSA) is 55.6 Å². The Kier molecular flexibility index (Phi) is 5.25. The van der Waals surface area contributed by atoms with Gasteiger partial charge in [-0.3, -0.25) is 14.6 Å². The predicted molar refractivity (Wildman–Crippen MR) is 104 cm³/mol. The smallest absolute Gasteiger partial charge is 0.275 e. The fourth-order valence-corrected chi connectivity index (χ4v) is 3.95. The van der Waals surface area contributed by atoms with E-state index in [1.54, 1.807) is 19.2 Å². The van der Waals surface area contributed by atoms with E-state index >= 15 is 0 Å². The molecular formula is C20H26N3O3+. The van der Waals surface area contributed by atoms with Gasteiger partial charge in [-0.25, -0.2) is 0 Å². The molecule has 6 heteroatoms. The Hall–Kier alpha value is -2.44. The van der Waals surface area contributed by atoms with Gasteiger partial charge < -0.3 is 9.64 Å². The highest BCUT2D eigenvalue weighted by atomic mass is 16.6. The van der Waals surface area contributed by atoms with Crippen LogP contribution in [-0.2, 0) is 0 Å². The summed E-state index contributed by atoms with van der Waals surface area (Å²) in [6.45, 7) is 2.03. The third kappa shape index (κ3) is 3.30. The molecule has 1 saturated heterocycles. The van der Waals surface area contributed by atoms with Crippen molar-refractivity contribution in [1.82, 2.24) is 9.38 Å². The van der Waals surface area contributed by atoms with Gasteiger partial charge in [-0.05, 0) is 25.2 Å². The van der Waals surface area contributed by atoms with E-state index in [9.17, 15) is 10.1 Å². The first-order valence-electron chi connectivity index (χ1n) is 8.90. The number of hydrogen-bond donors (Lipinski definition) is 0. The summed E-state index contributed by atoms with van der Waals surface area (Å²) < 4.78 is 6.11. The molecule has 1 fully saturated rings. The largest absolute Gasteiger partial charge is 0.491 e. The number of benzene rings is 2. The Morgan fingerprint density at radius 1 is 1.15 bits per heavy atom. The number of para-hydroxylation sites is 1. The van der Waals surface area contributed by atoms with Crippen LogP contribution in [0.4, 0.5) is 17.1 Å². The van der Waals surface area contributed by atoms with Crippen molar-refractivity contribution < 1.29 is 9.66 Å². The van der Waals surface area contributed by atoms with Crippen molar-refractivity contribution >= 4 is 17.1 Å². The van der Waals surface area contributed by atoms with E-state index in [1.807, 2.05) is 18.2 Å². The summed E-state index contributed by atoms with van der Waals surface area (Å²) in [4.78, 5) is 13.4. The number of methoxy groups -OCH3 is 1. The second kappa shape index (κ2) is 7.43. The van der Waals surface area contributed by atoms with E-state index in [0.29, 0.717) is 16.3 Å². The number of nitrogens with zero attached hydrogens (tertiary/aromatic N) is 3. The van der Waals surface area contributed by atoms with E-state index in [1.165, 1.54) is 6.07 Å². The molecule has 0 bridgehead atoms. The van der Waals surface area contributed by atoms with Crippen LogP contribution in [0.5, 0.6) is 5.75 Å². The van der Waals surface area contributed by atoms with Crippen LogP contribution in [0, 0.1) is 10.1 Å². The lowest BCUT2D eigenvalue weighted by Gasteiger charge is -2.44. The molecule has 1 aliphatic rings. The summed E-state index contributed by atoms with van der Waals surface area (Å²) in [5, 5.41) is 11.4. The molecule has 0 spiro atoms. The summed E-state index contributed by atoms with van der Waals surface area (Å²) in [6, 6.07) is 15.4. The third-order valence-electron chi connectivity index (χ3n) is 5.58. The Balaban J connectivity index is 2.18. The maximum absolute atomic E-state index is 11.4. The molecule has 2 aromatic carbocycles. The molecule has 1 heterocycles. The number of nitro groups is 1. The summed E-state index contributed by atoms with van der Waals surface area (Å²) in [5.74, 6) is 0.681. The van der Waals surface area contributed by atoms with E-state index in [2.05, 4.69) is 31.1 Å². The normalized spacial score (nSPS) is 18.3. The number of hydrogen-bond acceptors (Lipinski definition) is 4.